The zero-order chi connectivity index (χ0) is 25.9. The van der Waals surface area contributed by atoms with E-state index in [2.05, 4.69) is 10.6 Å². The van der Waals surface area contributed by atoms with Crippen LogP contribution in [0.5, 0.6) is 0 Å². The number of carbonyl (C=O) groups excluding carboxylic acids is 2. The summed E-state index contributed by atoms with van der Waals surface area (Å²) in [5.41, 5.74) is 1.15. The van der Waals surface area contributed by atoms with Crippen molar-refractivity contribution in [2.75, 3.05) is 0 Å². The van der Waals surface area contributed by atoms with Crippen LogP contribution in [0.15, 0.2) is 60.7 Å². The number of carboxylic acids is 2. The quantitative estimate of drug-likeness (QED) is 0.478. The van der Waals surface area contributed by atoms with Gasteiger partial charge >= 0.3 is 11.9 Å². The molecule has 2 aliphatic carbocycles. The van der Waals surface area contributed by atoms with Crippen LogP contribution in [0.1, 0.15) is 72.1 Å². The van der Waals surface area contributed by atoms with E-state index in [1.165, 1.54) is 0 Å². The zero-order valence-electron chi connectivity index (χ0n) is 20.3. The van der Waals surface area contributed by atoms with Crippen LogP contribution in [-0.2, 0) is 9.59 Å². The highest BCUT2D eigenvalue weighted by atomic mass is 16.4. The van der Waals surface area contributed by atoms with E-state index in [1.807, 2.05) is 12.1 Å². The van der Waals surface area contributed by atoms with Crippen molar-refractivity contribution in [2.45, 2.75) is 63.5 Å². The van der Waals surface area contributed by atoms with Crippen LogP contribution in [0, 0.1) is 11.8 Å². The van der Waals surface area contributed by atoms with Crippen molar-refractivity contribution in [2.24, 2.45) is 11.8 Å². The fraction of sp³-hybridized carbons (Fsp3) is 0.429. The molecule has 0 heterocycles. The molecule has 8 nitrogen and oxygen atoms in total. The van der Waals surface area contributed by atoms with Gasteiger partial charge in [0, 0.05) is 23.2 Å². The predicted molar refractivity (Wildman–Crippen MR) is 135 cm³/mol. The van der Waals surface area contributed by atoms with Gasteiger partial charge in [-0.25, -0.2) is 0 Å². The van der Waals surface area contributed by atoms with E-state index in [9.17, 15) is 19.2 Å². The lowest BCUT2D eigenvalue weighted by atomic mass is 9.84. The summed E-state index contributed by atoms with van der Waals surface area (Å²) in [6.07, 6.45) is 6.59. The van der Waals surface area contributed by atoms with Crippen molar-refractivity contribution >= 4 is 23.8 Å². The molecule has 2 saturated carbocycles. The SMILES string of the molecule is O=C(NC1CCCCC1C(=O)O)c1ccccc1.O=C(N[C@@H]1CCCC[C@@H]1C(=O)O)c1ccccc1. The Morgan fingerprint density at radius 2 is 0.889 bits per heavy atom. The summed E-state index contributed by atoms with van der Waals surface area (Å²) < 4.78 is 0. The standard InChI is InChI=1S/2C14H17NO3/c2*16-13(10-6-2-1-3-7-10)15-12-9-5-4-8-11(12)14(17)18/h2*1-3,6-7,11-12H,4-5,8-9H2,(H,15,16)(H,17,18)/t11-,12+;/m0./s1. The molecule has 4 N–H and O–H groups in total. The van der Waals surface area contributed by atoms with Crippen LogP contribution in [-0.4, -0.2) is 46.0 Å². The van der Waals surface area contributed by atoms with Gasteiger partial charge in [0.05, 0.1) is 11.8 Å². The molecule has 4 atom stereocenters. The predicted octanol–water partition coefficient (Wildman–Crippen LogP) is 4.12. The van der Waals surface area contributed by atoms with Gasteiger partial charge in [-0.05, 0) is 49.9 Å². The number of hydrogen-bond donors (Lipinski definition) is 4. The number of nitrogens with one attached hydrogen (secondary N) is 2. The highest BCUT2D eigenvalue weighted by molar-refractivity contribution is 5.95. The molecule has 0 saturated heterocycles. The molecule has 2 amide bonds. The Kier molecular flexibility index (Phi) is 10.0. The minimum Gasteiger partial charge on any atom is -0.481 e. The number of carbonyl (C=O) groups is 4. The molecule has 2 aromatic rings. The van der Waals surface area contributed by atoms with Crippen LogP contribution in [0.25, 0.3) is 0 Å². The third-order valence-electron chi connectivity index (χ3n) is 6.87. The first-order valence-electron chi connectivity index (χ1n) is 12.5. The van der Waals surface area contributed by atoms with Crippen molar-refractivity contribution in [3.63, 3.8) is 0 Å². The van der Waals surface area contributed by atoms with E-state index in [1.54, 1.807) is 48.5 Å². The Morgan fingerprint density at radius 3 is 1.22 bits per heavy atom. The molecule has 0 aliphatic heterocycles. The molecular formula is C28H34N2O6. The average Bonchev–Trinajstić information content (AvgIpc) is 2.90. The number of aliphatic carboxylic acids is 2. The van der Waals surface area contributed by atoms with Crippen molar-refractivity contribution in [3.05, 3.63) is 71.8 Å². The molecule has 0 bridgehead atoms. The summed E-state index contributed by atoms with van der Waals surface area (Å²) in [4.78, 5) is 46.2. The Bertz CT molecular complexity index is 943. The number of hydrogen-bond acceptors (Lipinski definition) is 4. The summed E-state index contributed by atoms with van der Waals surface area (Å²) in [5.74, 6) is -2.90. The van der Waals surface area contributed by atoms with E-state index < -0.39 is 23.8 Å². The molecule has 4 rings (SSSR count). The zero-order valence-corrected chi connectivity index (χ0v) is 20.3. The summed E-state index contributed by atoms with van der Waals surface area (Å²) >= 11 is 0. The van der Waals surface area contributed by atoms with E-state index >= 15 is 0 Å². The van der Waals surface area contributed by atoms with Crippen LogP contribution >= 0.6 is 0 Å². The second-order valence-corrected chi connectivity index (χ2v) is 9.35. The topological polar surface area (TPSA) is 133 Å². The third-order valence-corrected chi connectivity index (χ3v) is 6.87. The maximum atomic E-state index is 12.0. The molecule has 0 spiro atoms. The maximum absolute atomic E-state index is 12.0. The van der Waals surface area contributed by atoms with Crippen molar-refractivity contribution < 1.29 is 29.4 Å². The molecule has 2 aliphatic rings. The van der Waals surface area contributed by atoms with Crippen molar-refractivity contribution in [1.82, 2.24) is 10.6 Å². The first-order chi connectivity index (χ1) is 17.4. The summed E-state index contributed by atoms with van der Waals surface area (Å²) in [6, 6.07) is 17.3. The van der Waals surface area contributed by atoms with Crippen LogP contribution < -0.4 is 10.6 Å². The maximum Gasteiger partial charge on any atom is 0.308 e. The first-order valence-corrected chi connectivity index (χ1v) is 12.5. The molecular weight excluding hydrogens is 460 g/mol. The summed E-state index contributed by atoms with van der Waals surface area (Å²) in [7, 11) is 0. The fourth-order valence-corrected chi connectivity index (χ4v) is 4.88. The number of amides is 2. The van der Waals surface area contributed by atoms with E-state index in [-0.39, 0.29) is 23.9 Å². The van der Waals surface area contributed by atoms with Gasteiger partial charge in [-0.3, -0.25) is 19.2 Å². The normalized spacial score (nSPS) is 23.3. The lowest BCUT2D eigenvalue weighted by molar-refractivity contribution is -0.144. The Labute approximate surface area is 211 Å². The van der Waals surface area contributed by atoms with Gasteiger partial charge in [-0.2, -0.15) is 0 Å². The second kappa shape index (κ2) is 13.4. The molecule has 36 heavy (non-hydrogen) atoms. The van der Waals surface area contributed by atoms with Gasteiger partial charge in [0.25, 0.3) is 11.8 Å². The molecule has 0 radical (unpaired) electrons. The third kappa shape index (κ3) is 7.66. The number of carboxylic acid groups (broad SMARTS) is 2. The lowest BCUT2D eigenvalue weighted by Crippen LogP contribution is -2.45. The van der Waals surface area contributed by atoms with Crippen molar-refractivity contribution in [3.8, 4) is 0 Å². The van der Waals surface area contributed by atoms with Crippen molar-refractivity contribution in [1.29, 1.82) is 0 Å². The van der Waals surface area contributed by atoms with Crippen LogP contribution in [0.4, 0.5) is 0 Å². The minimum absolute atomic E-state index is 0.186. The molecule has 192 valence electrons. The van der Waals surface area contributed by atoms with Crippen LogP contribution in [0.3, 0.4) is 0 Å². The second-order valence-electron chi connectivity index (χ2n) is 9.35. The molecule has 8 heteroatoms. The Hall–Kier alpha value is -3.68. The molecule has 0 aromatic heterocycles. The highest BCUT2D eigenvalue weighted by Crippen LogP contribution is 2.26. The molecule has 2 unspecified atom stereocenters. The van der Waals surface area contributed by atoms with Gasteiger partial charge in [0.1, 0.15) is 0 Å². The number of benzene rings is 2. The minimum atomic E-state index is -0.812. The molecule has 2 aromatic carbocycles. The monoisotopic (exact) mass is 494 g/mol. The Morgan fingerprint density at radius 1 is 0.556 bits per heavy atom. The van der Waals surface area contributed by atoms with Gasteiger partial charge in [-0.15, -0.1) is 0 Å². The Balaban J connectivity index is 0.000000201. The van der Waals surface area contributed by atoms with Gasteiger partial charge in [-0.1, -0.05) is 62.1 Å². The lowest BCUT2D eigenvalue weighted by Gasteiger charge is -2.29. The van der Waals surface area contributed by atoms with E-state index in [0.717, 1.165) is 38.5 Å². The van der Waals surface area contributed by atoms with E-state index in [0.29, 0.717) is 24.0 Å². The van der Waals surface area contributed by atoms with Gasteiger partial charge < -0.3 is 20.8 Å². The fourth-order valence-electron chi connectivity index (χ4n) is 4.88. The van der Waals surface area contributed by atoms with E-state index in [4.69, 9.17) is 10.2 Å². The van der Waals surface area contributed by atoms with Gasteiger partial charge in [0.15, 0.2) is 0 Å². The largest absolute Gasteiger partial charge is 0.481 e. The van der Waals surface area contributed by atoms with Gasteiger partial charge in [0.2, 0.25) is 0 Å². The summed E-state index contributed by atoms with van der Waals surface area (Å²) in [6.45, 7) is 0. The summed E-state index contributed by atoms with van der Waals surface area (Å²) in [5, 5.41) is 24.0. The molecule has 2 fully saturated rings. The first kappa shape index (κ1) is 26.9. The van der Waals surface area contributed by atoms with Crippen LogP contribution in [0.2, 0.25) is 0 Å². The number of rotatable bonds is 6. The average molecular weight is 495 g/mol. The smallest absolute Gasteiger partial charge is 0.308 e. The highest BCUT2D eigenvalue weighted by Gasteiger charge is 2.32.